The molecule has 2 N–H and O–H groups in total. The quantitative estimate of drug-likeness (QED) is 0.428. The number of aryl methyl sites for hydroxylation is 1. The summed E-state index contributed by atoms with van der Waals surface area (Å²) in [6.07, 6.45) is 1.45. The maximum atomic E-state index is 12.5. The van der Waals surface area contributed by atoms with E-state index in [1.54, 1.807) is 30.3 Å². The Morgan fingerprint density at radius 2 is 1.81 bits per heavy atom. The summed E-state index contributed by atoms with van der Waals surface area (Å²) in [5.74, 6) is -1.12. The van der Waals surface area contributed by atoms with Gasteiger partial charge in [0.15, 0.2) is 0 Å². The number of nitrogens with one attached hydrogen (secondary N) is 1. The Labute approximate surface area is 180 Å². The summed E-state index contributed by atoms with van der Waals surface area (Å²) in [7, 11) is 0. The van der Waals surface area contributed by atoms with Crippen LogP contribution in [0.5, 0.6) is 5.75 Å². The molecule has 0 radical (unpaired) electrons. The Morgan fingerprint density at radius 1 is 1.06 bits per heavy atom. The summed E-state index contributed by atoms with van der Waals surface area (Å²) in [5, 5.41) is 21.0. The van der Waals surface area contributed by atoms with Crippen LogP contribution in [-0.4, -0.2) is 17.0 Å². The fraction of sp³-hybridized carbons (Fsp3) is 0.0800. The number of hydrogen-bond donors (Lipinski definition) is 2. The van der Waals surface area contributed by atoms with Crippen molar-refractivity contribution in [1.29, 1.82) is 5.26 Å². The van der Waals surface area contributed by atoms with Crippen LogP contribution in [-0.2, 0) is 11.4 Å². The second-order valence-corrected chi connectivity index (χ2v) is 6.86. The third kappa shape index (κ3) is 6.05. The van der Waals surface area contributed by atoms with Crippen molar-refractivity contribution in [3.63, 3.8) is 0 Å². The molecule has 0 fully saturated rings. The molecule has 0 spiro atoms. The number of rotatable bonds is 7. The number of nitriles is 1. The third-order valence-electron chi connectivity index (χ3n) is 4.43. The standard InChI is InChI=1S/C25H20N2O4/c1-17-8-10-18(11-9-17)16-31-23-7-2-4-19(13-23)12-21(15-26)24(28)27-22-6-3-5-20(14-22)25(29)30/h2-14H,16H2,1H3,(H,27,28)(H,29,30)/b21-12-. The highest BCUT2D eigenvalue weighted by Crippen LogP contribution is 2.19. The highest BCUT2D eigenvalue weighted by molar-refractivity contribution is 6.10. The molecule has 154 valence electrons. The molecule has 0 bridgehead atoms. The minimum absolute atomic E-state index is 0.0405. The van der Waals surface area contributed by atoms with Crippen molar-refractivity contribution in [1.82, 2.24) is 0 Å². The van der Waals surface area contributed by atoms with Crippen molar-refractivity contribution in [2.75, 3.05) is 5.32 Å². The van der Waals surface area contributed by atoms with E-state index in [1.807, 2.05) is 37.3 Å². The molecule has 1 amide bonds. The molecule has 0 unspecified atom stereocenters. The van der Waals surface area contributed by atoms with Crippen molar-refractivity contribution in [3.05, 3.63) is 101 Å². The van der Waals surface area contributed by atoms with E-state index < -0.39 is 11.9 Å². The van der Waals surface area contributed by atoms with E-state index in [9.17, 15) is 14.9 Å². The number of hydrogen-bond acceptors (Lipinski definition) is 4. The number of carbonyl (C=O) groups is 2. The summed E-state index contributed by atoms with van der Waals surface area (Å²) in [6, 6.07) is 22.8. The van der Waals surface area contributed by atoms with E-state index in [-0.39, 0.29) is 11.1 Å². The normalized spacial score (nSPS) is 10.8. The van der Waals surface area contributed by atoms with Gasteiger partial charge in [-0.15, -0.1) is 0 Å². The van der Waals surface area contributed by atoms with E-state index in [1.165, 1.54) is 29.8 Å². The van der Waals surface area contributed by atoms with Crippen molar-refractivity contribution < 1.29 is 19.4 Å². The highest BCUT2D eigenvalue weighted by atomic mass is 16.5. The average molecular weight is 412 g/mol. The number of nitrogens with zero attached hydrogens (tertiary/aromatic N) is 1. The zero-order valence-electron chi connectivity index (χ0n) is 16.8. The largest absolute Gasteiger partial charge is 0.489 e. The van der Waals surface area contributed by atoms with E-state index in [0.29, 0.717) is 23.6 Å². The maximum Gasteiger partial charge on any atom is 0.335 e. The van der Waals surface area contributed by atoms with Gasteiger partial charge in [-0.1, -0.05) is 48.0 Å². The first-order valence-corrected chi connectivity index (χ1v) is 9.49. The van der Waals surface area contributed by atoms with Gasteiger partial charge >= 0.3 is 5.97 Å². The molecule has 0 aliphatic rings. The number of anilines is 1. The summed E-state index contributed by atoms with van der Waals surface area (Å²) < 4.78 is 5.81. The summed E-state index contributed by atoms with van der Waals surface area (Å²) >= 11 is 0. The van der Waals surface area contributed by atoms with Crippen LogP contribution in [0.3, 0.4) is 0 Å². The predicted octanol–water partition coefficient (Wildman–Crippen LogP) is 4.82. The molecule has 3 rings (SSSR count). The third-order valence-corrected chi connectivity index (χ3v) is 4.43. The van der Waals surface area contributed by atoms with Gasteiger partial charge in [0.2, 0.25) is 0 Å². The topological polar surface area (TPSA) is 99.4 Å². The summed E-state index contributed by atoms with van der Waals surface area (Å²) in [6.45, 7) is 2.42. The Morgan fingerprint density at radius 3 is 2.52 bits per heavy atom. The van der Waals surface area contributed by atoms with Crippen molar-refractivity contribution in [2.24, 2.45) is 0 Å². The minimum atomic E-state index is -1.10. The minimum Gasteiger partial charge on any atom is -0.489 e. The van der Waals surface area contributed by atoms with Crippen molar-refractivity contribution >= 4 is 23.6 Å². The number of benzene rings is 3. The SMILES string of the molecule is Cc1ccc(COc2cccc(/C=C(/C#N)C(=O)Nc3cccc(C(=O)O)c3)c2)cc1. The van der Waals surface area contributed by atoms with E-state index in [2.05, 4.69) is 5.32 Å². The molecule has 6 heteroatoms. The first-order chi connectivity index (χ1) is 14.9. The van der Waals surface area contributed by atoms with Crippen LogP contribution in [0.1, 0.15) is 27.0 Å². The molecule has 0 aliphatic heterocycles. The van der Waals surface area contributed by atoms with E-state index in [0.717, 1.165) is 5.56 Å². The van der Waals surface area contributed by atoms with Crippen molar-refractivity contribution in [3.8, 4) is 11.8 Å². The number of amides is 1. The van der Waals surface area contributed by atoms with Gasteiger partial charge in [-0.2, -0.15) is 5.26 Å². The molecule has 0 heterocycles. The lowest BCUT2D eigenvalue weighted by Gasteiger charge is -2.08. The molecule has 0 saturated carbocycles. The van der Waals surface area contributed by atoms with Gasteiger partial charge in [-0.05, 0) is 54.5 Å². The van der Waals surface area contributed by atoms with Gasteiger partial charge < -0.3 is 15.2 Å². The number of carboxylic acid groups (broad SMARTS) is 1. The second-order valence-electron chi connectivity index (χ2n) is 6.86. The lowest BCUT2D eigenvalue weighted by atomic mass is 10.1. The lowest BCUT2D eigenvalue weighted by molar-refractivity contribution is -0.112. The first kappa shape index (κ1) is 21.3. The molecule has 3 aromatic rings. The second kappa shape index (κ2) is 9.90. The molecule has 6 nitrogen and oxygen atoms in total. The van der Waals surface area contributed by atoms with Gasteiger partial charge in [-0.3, -0.25) is 4.79 Å². The Balaban J connectivity index is 1.71. The molecule has 0 aliphatic carbocycles. The zero-order chi connectivity index (χ0) is 22.2. The van der Waals surface area contributed by atoms with Gasteiger partial charge in [0.25, 0.3) is 5.91 Å². The Bertz CT molecular complexity index is 1170. The fourth-order valence-electron chi connectivity index (χ4n) is 2.79. The summed E-state index contributed by atoms with van der Waals surface area (Å²) in [5.41, 5.74) is 3.06. The maximum absolute atomic E-state index is 12.5. The van der Waals surface area contributed by atoms with Crippen LogP contribution >= 0.6 is 0 Å². The van der Waals surface area contributed by atoms with Gasteiger partial charge in [0.1, 0.15) is 24.0 Å². The zero-order valence-corrected chi connectivity index (χ0v) is 16.8. The van der Waals surface area contributed by atoms with Crippen LogP contribution in [0.2, 0.25) is 0 Å². The highest BCUT2D eigenvalue weighted by Gasteiger charge is 2.11. The predicted molar refractivity (Wildman–Crippen MR) is 118 cm³/mol. The lowest BCUT2D eigenvalue weighted by Crippen LogP contribution is -2.13. The Kier molecular flexibility index (Phi) is 6.82. The van der Waals surface area contributed by atoms with Crippen LogP contribution in [0.4, 0.5) is 5.69 Å². The van der Waals surface area contributed by atoms with Crippen LogP contribution in [0.15, 0.2) is 78.4 Å². The van der Waals surface area contributed by atoms with E-state index in [4.69, 9.17) is 9.84 Å². The smallest absolute Gasteiger partial charge is 0.335 e. The van der Waals surface area contributed by atoms with Crippen molar-refractivity contribution in [2.45, 2.75) is 13.5 Å². The van der Waals surface area contributed by atoms with Gasteiger partial charge in [0, 0.05) is 5.69 Å². The number of aromatic carboxylic acids is 1. The molecule has 0 atom stereocenters. The molecular formula is C25H20N2O4. The average Bonchev–Trinajstić information content (AvgIpc) is 2.77. The van der Waals surface area contributed by atoms with Crippen LogP contribution in [0, 0.1) is 18.3 Å². The monoisotopic (exact) mass is 412 g/mol. The molecule has 0 saturated heterocycles. The Hall–Kier alpha value is -4.37. The van der Waals surface area contributed by atoms with Gasteiger partial charge in [0.05, 0.1) is 5.56 Å². The number of carboxylic acids is 1. The molecule has 3 aromatic carbocycles. The van der Waals surface area contributed by atoms with Gasteiger partial charge in [-0.25, -0.2) is 4.79 Å². The molecule has 31 heavy (non-hydrogen) atoms. The number of carbonyl (C=O) groups excluding carboxylic acids is 1. The first-order valence-electron chi connectivity index (χ1n) is 9.49. The van der Waals surface area contributed by atoms with Crippen LogP contribution < -0.4 is 10.1 Å². The fourth-order valence-corrected chi connectivity index (χ4v) is 2.79. The van der Waals surface area contributed by atoms with Crippen LogP contribution in [0.25, 0.3) is 6.08 Å². The molecule has 0 aromatic heterocycles. The number of ether oxygens (including phenoxy) is 1. The van der Waals surface area contributed by atoms with E-state index >= 15 is 0 Å². The molecular weight excluding hydrogens is 392 g/mol. The summed E-state index contributed by atoms with van der Waals surface area (Å²) in [4.78, 5) is 23.5.